The Bertz CT molecular complexity index is 1510. The van der Waals surface area contributed by atoms with E-state index in [0.717, 1.165) is 0 Å². The molecule has 0 aliphatic heterocycles. The quantitative estimate of drug-likeness (QED) is 0.290. The van der Waals surface area contributed by atoms with Crippen LogP contribution in [0.2, 0.25) is 0 Å². The molecule has 5 aromatic carbocycles. The van der Waals surface area contributed by atoms with Gasteiger partial charge in [-0.25, -0.2) is 0 Å². The lowest BCUT2D eigenvalue weighted by atomic mass is 9.85. The summed E-state index contributed by atoms with van der Waals surface area (Å²) in [5, 5.41) is 7.92. The molecule has 0 fully saturated rings. The molecule has 30 heavy (non-hydrogen) atoms. The van der Waals surface area contributed by atoms with Crippen molar-refractivity contribution in [3.8, 4) is 0 Å². The number of aromatic amines is 1. The van der Waals surface area contributed by atoms with Gasteiger partial charge < -0.3 is 4.98 Å². The van der Waals surface area contributed by atoms with Crippen LogP contribution in [0.15, 0.2) is 91.0 Å². The summed E-state index contributed by atoms with van der Waals surface area (Å²) < 4.78 is 0. The molecule has 0 radical (unpaired) electrons. The van der Waals surface area contributed by atoms with Crippen molar-refractivity contribution < 1.29 is 0 Å². The largest absolute Gasteiger partial charge is 0.355 e. The standard InChI is InChI=1S/C29H23N/c1-18-11-13-27-25(15-18)26-17-20(12-14-28(26)30-27)19(2)29-23-9-5-3-7-21(23)16-22-8-4-6-10-24(22)29/h3-17,19,30H,1-2H3. The number of H-pyrrole nitrogens is 1. The molecular formula is C29H23N. The van der Waals surface area contributed by atoms with Gasteiger partial charge in [-0.05, 0) is 69.9 Å². The van der Waals surface area contributed by atoms with Crippen molar-refractivity contribution in [1.29, 1.82) is 0 Å². The Hall–Kier alpha value is -3.58. The third-order valence-corrected chi connectivity index (χ3v) is 6.52. The topological polar surface area (TPSA) is 15.8 Å². The van der Waals surface area contributed by atoms with E-state index in [4.69, 9.17) is 0 Å². The molecule has 0 amide bonds. The smallest absolute Gasteiger partial charge is 0.0465 e. The Morgan fingerprint density at radius 3 is 1.90 bits per heavy atom. The predicted octanol–water partition coefficient (Wildman–Crippen LogP) is 8.09. The summed E-state index contributed by atoms with van der Waals surface area (Å²) in [7, 11) is 0. The molecule has 0 aliphatic rings. The van der Waals surface area contributed by atoms with Crippen molar-refractivity contribution >= 4 is 43.4 Å². The van der Waals surface area contributed by atoms with Crippen LogP contribution in [0, 0.1) is 6.92 Å². The molecule has 1 heterocycles. The summed E-state index contributed by atoms with van der Waals surface area (Å²) in [5.74, 6) is 0.292. The molecule has 0 saturated carbocycles. The lowest BCUT2D eigenvalue weighted by molar-refractivity contribution is 0.946. The lowest BCUT2D eigenvalue weighted by Crippen LogP contribution is -1.99. The maximum absolute atomic E-state index is 3.57. The van der Waals surface area contributed by atoms with Gasteiger partial charge in [0.2, 0.25) is 0 Å². The first-order valence-corrected chi connectivity index (χ1v) is 10.6. The lowest BCUT2D eigenvalue weighted by Gasteiger charge is -2.19. The molecule has 0 aliphatic carbocycles. The number of fused-ring (bicyclic) bond motifs is 5. The second-order valence-corrected chi connectivity index (χ2v) is 8.43. The van der Waals surface area contributed by atoms with Gasteiger partial charge in [-0.1, -0.05) is 73.2 Å². The van der Waals surface area contributed by atoms with E-state index in [2.05, 4.69) is 110 Å². The fourth-order valence-corrected chi connectivity index (χ4v) is 4.98. The van der Waals surface area contributed by atoms with Crippen LogP contribution in [0.1, 0.15) is 29.5 Å². The number of hydrogen-bond acceptors (Lipinski definition) is 0. The SMILES string of the molecule is Cc1ccc2[nH]c3ccc(C(C)c4c5ccccc5cc5ccccc45)cc3c2c1. The highest BCUT2D eigenvalue weighted by Crippen LogP contribution is 2.38. The molecule has 1 aromatic heterocycles. The molecule has 144 valence electrons. The summed E-state index contributed by atoms with van der Waals surface area (Å²) >= 11 is 0. The van der Waals surface area contributed by atoms with Gasteiger partial charge in [0.05, 0.1) is 0 Å². The van der Waals surface area contributed by atoms with Gasteiger partial charge in [0.25, 0.3) is 0 Å². The maximum Gasteiger partial charge on any atom is 0.0465 e. The van der Waals surface area contributed by atoms with E-state index in [1.807, 2.05) is 0 Å². The van der Waals surface area contributed by atoms with E-state index >= 15 is 0 Å². The van der Waals surface area contributed by atoms with Gasteiger partial charge in [-0.15, -0.1) is 0 Å². The minimum Gasteiger partial charge on any atom is -0.355 e. The Morgan fingerprint density at radius 2 is 1.20 bits per heavy atom. The van der Waals surface area contributed by atoms with Gasteiger partial charge in [-0.2, -0.15) is 0 Å². The molecule has 1 N–H and O–H groups in total. The van der Waals surface area contributed by atoms with E-state index in [1.54, 1.807) is 0 Å². The minimum absolute atomic E-state index is 0.292. The predicted molar refractivity (Wildman–Crippen MR) is 130 cm³/mol. The van der Waals surface area contributed by atoms with E-state index in [9.17, 15) is 0 Å². The third-order valence-electron chi connectivity index (χ3n) is 6.52. The molecule has 0 saturated heterocycles. The van der Waals surface area contributed by atoms with E-state index in [-0.39, 0.29) is 0 Å². The molecule has 1 unspecified atom stereocenters. The summed E-state index contributed by atoms with van der Waals surface area (Å²) in [6.07, 6.45) is 0. The van der Waals surface area contributed by atoms with Gasteiger partial charge in [-0.3, -0.25) is 0 Å². The molecule has 1 heteroatoms. The number of aromatic nitrogens is 1. The zero-order valence-corrected chi connectivity index (χ0v) is 17.2. The summed E-state index contributed by atoms with van der Waals surface area (Å²) in [6, 6.07) is 33.4. The molecular weight excluding hydrogens is 362 g/mol. The highest BCUT2D eigenvalue weighted by molar-refractivity contribution is 6.08. The zero-order valence-electron chi connectivity index (χ0n) is 17.2. The van der Waals surface area contributed by atoms with Crippen LogP contribution >= 0.6 is 0 Å². The normalized spacial score (nSPS) is 12.9. The van der Waals surface area contributed by atoms with Crippen molar-refractivity contribution in [2.45, 2.75) is 19.8 Å². The highest BCUT2D eigenvalue weighted by Gasteiger charge is 2.17. The van der Waals surface area contributed by atoms with E-state index in [0.29, 0.717) is 5.92 Å². The van der Waals surface area contributed by atoms with Crippen molar-refractivity contribution in [3.63, 3.8) is 0 Å². The first-order chi connectivity index (χ1) is 14.7. The Morgan fingerprint density at radius 1 is 0.600 bits per heavy atom. The van der Waals surface area contributed by atoms with Crippen LogP contribution in [-0.2, 0) is 0 Å². The molecule has 6 rings (SSSR count). The van der Waals surface area contributed by atoms with Crippen LogP contribution in [0.3, 0.4) is 0 Å². The molecule has 1 atom stereocenters. The molecule has 0 spiro atoms. The summed E-state index contributed by atoms with van der Waals surface area (Å²) in [4.78, 5) is 3.57. The average molecular weight is 386 g/mol. The maximum atomic E-state index is 3.57. The van der Waals surface area contributed by atoms with Gasteiger partial charge in [0.1, 0.15) is 0 Å². The van der Waals surface area contributed by atoms with E-state index < -0.39 is 0 Å². The first kappa shape index (κ1) is 17.3. The van der Waals surface area contributed by atoms with Gasteiger partial charge in [0.15, 0.2) is 0 Å². The fourth-order valence-electron chi connectivity index (χ4n) is 4.98. The Balaban J connectivity index is 1.63. The second kappa shape index (κ2) is 6.47. The zero-order chi connectivity index (χ0) is 20.2. The van der Waals surface area contributed by atoms with E-state index in [1.165, 1.54) is 60.0 Å². The number of hydrogen-bond donors (Lipinski definition) is 1. The number of nitrogens with one attached hydrogen (secondary N) is 1. The van der Waals surface area contributed by atoms with Crippen molar-refractivity contribution in [3.05, 3.63) is 108 Å². The molecule has 0 bridgehead atoms. The Kier molecular flexibility index (Phi) is 3.73. The van der Waals surface area contributed by atoms with Crippen molar-refractivity contribution in [2.24, 2.45) is 0 Å². The van der Waals surface area contributed by atoms with Crippen LogP contribution in [0.25, 0.3) is 43.4 Å². The minimum atomic E-state index is 0.292. The number of benzene rings is 5. The molecule has 6 aromatic rings. The van der Waals surface area contributed by atoms with Gasteiger partial charge >= 0.3 is 0 Å². The summed E-state index contributed by atoms with van der Waals surface area (Å²) in [5.41, 5.74) is 6.47. The number of aryl methyl sites for hydroxylation is 1. The molecule has 1 nitrogen and oxygen atoms in total. The number of rotatable bonds is 2. The van der Waals surface area contributed by atoms with Crippen LogP contribution in [0.4, 0.5) is 0 Å². The van der Waals surface area contributed by atoms with Crippen molar-refractivity contribution in [1.82, 2.24) is 4.98 Å². The highest BCUT2D eigenvalue weighted by atomic mass is 14.7. The third kappa shape index (κ3) is 2.55. The summed E-state index contributed by atoms with van der Waals surface area (Å²) in [6.45, 7) is 4.50. The monoisotopic (exact) mass is 385 g/mol. The fraction of sp³-hybridized carbons (Fsp3) is 0.103. The Labute approximate surface area is 176 Å². The van der Waals surface area contributed by atoms with Gasteiger partial charge in [0, 0.05) is 27.7 Å². The second-order valence-electron chi connectivity index (χ2n) is 8.43. The van der Waals surface area contributed by atoms with Crippen LogP contribution in [-0.4, -0.2) is 4.98 Å². The van der Waals surface area contributed by atoms with Crippen LogP contribution in [0.5, 0.6) is 0 Å². The average Bonchev–Trinajstić information content (AvgIpc) is 3.14. The first-order valence-electron chi connectivity index (χ1n) is 10.6. The van der Waals surface area contributed by atoms with Crippen LogP contribution < -0.4 is 0 Å². The van der Waals surface area contributed by atoms with Crippen molar-refractivity contribution in [2.75, 3.05) is 0 Å².